The lowest BCUT2D eigenvalue weighted by Gasteiger charge is -2.05. The number of fused-ring (bicyclic) bond motifs is 1. The van der Waals surface area contributed by atoms with E-state index < -0.39 is 0 Å². The first-order valence-corrected chi connectivity index (χ1v) is 9.00. The van der Waals surface area contributed by atoms with E-state index in [0.29, 0.717) is 39.2 Å². The molecule has 0 unspecified atom stereocenters. The number of rotatable bonds is 4. The summed E-state index contributed by atoms with van der Waals surface area (Å²) in [4.78, 5) is 16.5. The van der Waals surface area contributed by atoms with Gasteiger partial charge in [-0.2, -0.15) is 9.99 Å². The van der Waals surface area contributed by atoms with E-state index in [9.17, 15) is 14.4 Å². The number of hydrogen-bond acceptors (Lipinski definition) is 4. The summed E-state index contributed by atoms with van der Waals surface area (Å²) in [6.07, 6.45) is 2.95. The summed E-state index contributed by atoms with van der Waals surface area (Å²) < 4.78 is 13.8. The molecule has 30 heavy (non-hydrogen) atoms. The summed E-state index contributed by atoms with van der Waals surface area (Å²) in [5, 5.41) is 22.2. The summed E-state index contributed by atoms with van der Waals surface area (Å²) in [5.41, 5.74) is 3.36. The van der Waals surface area contributed by atoms with Gasteiger partial charge < -0.3 is 10.5 Å². The molecule has 0 bridgehead atoms. The molecule has 3 aromatic carbocycles. The average Bonchev–Trinajstić information content (AvgIpc) is 3.09. The van der Waals surface area contributed by atoms with Gasteiger partial charge in [0.2, 0.25) is 5.91 Å². The molecule has 0 spiro atoms. The number of nitrogens with one attached hydrogen (secondary N) is 1. The van der Waals surface area contributed by atoms with Crippen LogP contribution >= 0.6 is 0 Å². The Morgan fingerprint density at radius 3 is 2.53 bits per heavy atom. The number of imidazole rings is 1. The molecule has 1 amide bonds. The Labute approximate surface area is 171 Å². The first kappa shape index (κ1) is 18.9. The van der Waals surface area contributed by atoms with Crippen molar-refractivity contribution in [2.45, 2.75) is 0 Å². The fourth-order valence-corrected chi connectivity index (χ4v) is 2.95. The lowest BCUT2D eigenvalue weighted by molar-refractivity contribution is -0.111. The van der Waals surface area contributed by atoms with E-state index in [1.807, 2.05) is 6.07 Å². The van der Waals surface area contributed by atoms with Gasteiger partial charge in [-0.15, -0.1) is 0 Å². The van der Waals surface area contributed by atoms with Crippen LogP contribution in [-0.4, -0.2) is 20.8 Å². The van der Waals surface area contributed by atoms with Crippen molar-refractivity contribution in [1.29, 1.82) is 5.26 Å². The predicted molar refractivity (Wildman–Crippen MR) is 111 cm³/mol. The number of carbonyl (C=O) groups is 1. The molecule has 1 aromatic heterocycles. The van der Waals surface area contributed by atoms with E-state index >= 15 is 0 Å². The average molecular weight is 398 g/mol. The molecule has 2 N–H and O–H groups in total. The molecule has 0 saturated carbocycles. The topological polar surface area (TPSA) is 90.9 Å². The first-order chi connectivity index (χ1) is 14.5. The zero-order valence-corrected chi connectivity index (χ0v) is 15.6. The summed E-state index contributed by atoms with van der Waals surface area (Å²) >= 11 is 0. The molecule has 146 valence electrons. The van der Waals surface area contributed by atoms with Crippen LogP contribution in [0.25, 0.3) is 28.5 Å². The van der Waals surface area contributed by atoms with E-state index in [0.717, 1.165) is 4.73 Å². The van der Waals surface area contributed by atoms with Gasteiger partial charge in [0.15, 0.2) is 5.82 Å². The maximum Gasteiger partial charge on any atom is 0.248 e. The van der Waals surface area contributed by atoms with Crippen molar-refractivity contribution in [2.75, 3.05) is 5.32 Å². The van der Waals surface area contributed by atoms with Crippen LogP contribution in [0.2, 0.25) is 0 Å². The van der Waals surface area contributed by atoms with Crippen LogP contribution in [0.1, 0.15) is 11.1 Å². The van der Waals surface area contributed by atoms with E-state index in [1.165, 1.54) is 18.2 Å². The summed E-state index contributed by atoms with van der Waals surface area (Å²) in [7, 11) is 0. The van der Waals surface area contributed by atoms with Crippen LogP contribution < -0.4 is 5.32 Å². The molecule has 1 heterocycles. The van der Waals surface area contributed by atoms with Gasteiger partial charge in [-0.1, -0.05) is 12.1 Å². The highest BCUT2D eigenvalue weighted by molar-refractivity contribution is 6.02. The number of nitrogens with zero attached hydrogens (tertiary/aromatic N) is 3. The Balaban J connectivity index is 1.50. The molecule has 7 heteroatoms. The van der Waals surface area contributed by atoms with Crippen LogP contribution in [0.5, 0.6) is 0 Å². The first-order valence-electron chi connectivity index (χ1n) is 9.00. The predicted octanol–water partition coefficient (Wildman–Crippen LogP) is 4.60. The van der Waals surface area contributed by atoms with E-state index in [2.05, 4.69) is 10.3 Å². The second-order valence-corrected chi connectivity index (χ2v) is 6.51. The van der Waals surface area contributed by atoms with Crippen molar-refractivity contribution in [3.05, 3.63) is 89.8 Å². The van der Waals surface area contributed by atoms with E-state index in [-0.39, 0.29) is 11.7 Å². The molecule has 0 fully saturated rings. The van der Waals surface area contributed by atoms with Crippen molar-refractivity contribution >= 4 is 28.7 Å². The standard InChI is InChI=1S/C23H15FN4O2/c24-18-7-1-15(2-8-18)4-12-22(29)26-19-9-5-17(6-10-19)23-27-20-11-3-16(14-25)13-21(20)28(23)30/h1-13,30H,(H,26,29). The fraction of sp³-hybridized carbons (Fsp3) is 0. The lowest BCUT2D eigenvalue weighted by Crippen LogP contribution is -2.07. The normalized spacial score (nSPS) is 10.9. The smallest absolute Gasteiger partial charge is 0.248 e. The second-order valence-electron chi connectivity index (χ2n) is 6.51. The fourth-order valence-electron chi connectivity index (χ4n) is 2.95. The molecule has 6 nitrogen and oxygen atoms in total. The largest absolute Gasteiger partial charge is 0.426 e. The number of nitriles is 1. The molecule has 0 aliphatic rings. The highest BCUT2D eigenvalue weighted by atomic mass is 19.1. The third-order valence-corrected chi connectivity index (χ3v) is 4.47. The van der Waals surface area contributed by atoms with Crippen LogP contribution in [0, 0.1) is 17.1 Å². The van der Waals surface area contributed by atoms with Gasteiger partial charge in [0.05, 0.1) is 17.1 Å². The van der Waals surface area contributed by atoms with Crippen molar-refractivity contribution in [1.82, 2.24) is 9.71 Å². The number of aromatic nitrogens is 2. The molecule has 0 radical (unpaired) electrons. The van der Waals surface area contributed by atoms with Gasteiger partial charge in [-0.3, -0.25) is 4.79 Å². The SMILES string of the molecule is N#Cc1ccc2nc(-c3ccc(NC(=O)C=Cc4ccc(F)cc4)cc3)n(O)c2c1. The quantitative estimate of drug-likeness (QED) is 0.388. The monoisotopic (exact) mass is 398 g/mol. The molecular formula is C23H15FN4O2. The van der Waals surface area contributed by atoms with Gasteiger partial charge in [-0.25, -0.2) is 9.37 Å². The number of halogens is 1. The highest BCUT2D eigenvalue weighted by Gasteiger charge is 2.12. The second kappa shape index (κ2) is 7.89. The van der Waals surface area contributed by atoms with Gasteiger partial charge in [0.25, 0.3) is 0 Å². The van der Waals surface area contributed by atoms with Gasteiger partial charge in [0.1, 0.15) is 11.3 Å². The third kappa shape index (κ3) is 3.88. The van der Waals surface area contributed by atoms with Crippen LogP contribution in [-0.2, 0) is 4.79 Å². The van der Waals surface area contributed by atoms with Crippen LogP contribution in [0.15, 0.2) is 72.8 Å². The molecular weight excluding hydrogens is 383 g/mol. The molecule has 0 aliphatic carbocycles. The third-order valence-electron chi connectivity index (χ3n) is 4.47. The number of hydrogen-bond donors (Lipinski definition) is 2. The summed E-state index contributed by atoms with van der Waals surface area (Å²) in [6, 6.07) is 19.5. The van der Waals surface area contributed by atoms with Gasteiger partial charge in [-0.05, 0) is 66.2 Å². The zero-order chi connectivity index (χ0) is 21.1. The summed E-state index contributed by atoms with van der Waals surface area (Å²) in [6.45, 7) is 0. The summed E-state index contributed by atoms with van der Waals surface area (Å²) in [5.74, 6) is -0.335. The van der Waals surface area contributed by atoms with Crippen molar-refractivity contribution in [3.8, 4) is 17.5 Å². The maximum atomic E-state index is 12.9. The van der Waals surface area contributed by atoms with Crippen LogP contribution in [0.4, 0.5) is 10.1 Å². The van der Waals surface area contributed by atoms with Crippen molar-refractivity contribution in [2.24, 2.45) is 0 Å². The minimum atomic E-state index is -0.335. The Kier molecular flexibility index (Phi) is 4.97. The number of benzene rings is 3. The molecule has 0 saturated heterocycles. The Morgan fingerprint density at radius 2 is 1.83 bits per heavy atom. The number of amides is 1. The maximum absolute atomic E-state index is 12.9. The molecule has 4 rings (SSSR count). The highest BCUT2D eigenvalue weighted by Crippen LogP contribution is 2.25. The Morgan fingerprint density at radius 1 is 1.10 bits per heavy atom. The van der Waals surface area contributed by atoms with E-state index in [1.54, 1.807) is 60.7 Å². The minimum Gasteiger partial charge on any atom is -0.426 e. The molecule has 0 aliphatic heterocycles. The molecule has 0 atom stereocenters. The molecule has 4 aromatic rings. The number of anilines is 1. The lowest BCUT2D eigenvalue weighted by atomic mass is 10.2. The minimum absolute atomic E-state index is 0.328. The van der Waals surface area contributed by atoms with Gasteiger partial charge >= 0.3 is 0 Å². The zero-order valence-electron chi connectivity index (χ0n) is 15.6. The van der Waals surface area contributed by atoms with Crippen molar-refractivity contribution < 1.29 is 14.4 Å². The number of carbonyl (C=O) groups excluding carboxylic acids is 1. The van der Waals surface area contributed by atoms with Crippen LogP contribution in [0.3, 0.4) is 0 Å². The van der Waals surface area contributed by atoms with Gasteiger partial charge in [0, 0.05) is 17.3 Å². The Hall–Kier alpha value is -4.44. The Bertz CT molecular complexity index is 1300. The van der Waals surface area contributed by atoms with E-state index in [4.69, 9.17) is 5.26 Å². The van der Waals surface area contributed by atoms with Crippen molar-refractivity contribution in [3.63, 3.8) is 0 Å².